The first-order chi connectivity index (χ1) is 5.77. The number of rotatable bonds is 3. The number of hydrogen-bond acceptors (Lipinski definition) is 3. The number of phenols is 1. The topological polar surface area (TPSA) is 58.6 Å². The molecule has 12 heavy (non-hydrogen) atoms. The normalized spacial score (nSPS) is 9.83. The standard InChI is InChI=1S/C8H9O4/c1-11-8-4-6(5-12-10)2-3-7(8)9/h2-4,9H,5H2,1H3. The van der Waals surface area contributed by atoms with Crippen molar-refractivity contribution in [3.05, 3.63) is 23.8 Å². The van der Waals surface area contributed by atoms with E-state index in [9.17, 15) is 5.26 Å². The molecule has 0 heterocycles. The highest BCUT2D eigenvalue weighted by Gasteiger charge is 2.02. The molecule has 1 rings (SSSR count). The van der Waals surface area contributed by atoms with Gasteiger partial charge in [-0.2, -0.15) is 4.89 Å². The third-order valence-electron chi connectivity index (χ3n) is 1.47. The maximum atomic E-state index is 9.78. The summed E-state index contributed by atoms with van der Waals surface area (Å²) in [5.74, 6) is 0.386. The minimum absolute atomic E-state index is 0.0311. The van der Waals surface area contributed by atoms with Crippen LogP contribution in [-0.4, -0.2) is 12.2 Å². The summed E-state index contributed by atoms with van der Waals surface area (Å²) < 4.78 is 4.82. The number of ether oxygens (including phenoxy) is 1. The molecule has 1 radical (unpaired) electrons. The molecule has 0 saturated heterocycles. The largest absolute Gasteiger partial charge is 0.504 e. The molecule has 1 aromatic rings. The first-order valence-electron chi connectivity index (χ1n) is 3.38. The van der Waals surface area contributed by atoms with Crippen LogP contribution in [0.1, 0.15) is 5.56 Å². The van der Waals surface area contributed by atoms with Gasteiger partial charge in [0, 0.05) is 0 Å². The zero-order valence-corrected chi connectivity index (χ0v) is 6.61. The molecular formula is C8H9O4. The van der Waals surface area contributed by atoms with Crippen molar-refractivity contribution in [1.29, 1.82) is 0 Å². The number of aromatic hydroxyl groups is 1. The Balaban J connectivity index is 2.89. The van der Waals surface area contributed by atoms with Gasteiger partial charge in [-0.25, -0.2) is 0 Å². The Morgan fingerprint density at radius 3 is 2.83 bits per heavy atom. The number of phenolic OH excluding ortho intramolecular Hbond substituents is 1. The van der Waals surface area contributed by atoms with Crippen LogP contribution in [0.2, 0.25) is 0 Å². The highest BCUT2D eigenvalue weighted by atomic mass is 17.1. The molecule has 0 bridgehead atoms. The maximum Gasteiger partial charge on any atom is 0.160 e. The molecule has 0 amide bonds. The van der Waals surface area contributed by atoms with Crippen molar-refractivity contribution < 1.29 is 20.0 Å². The highest BCUT2D eigenvalue weighted by molar-refractivity contribution is 5.41. The third-order valence-corrected chi connectivity index (χ3v) is 1.47. The van der Waals surface area contributed by atoms with E-state index in [1.807, 2.05) is 0 Å². The fourth-order valence-electron chi connectivity index (χ4n) is 0.880. The minimum Gasteiger partial charge on any atom is -0.504 e. The molecule has 0 saturated carbocycles. The lowest BCUT2D eigenvalue weighted by Crippen LogP contribution is -1.89. The average molecular weight is 169 g/mol. The van der Waals surface area contributed by atoms with Gasteiger partial charge in [0.1, 0.15) is 6.61 Å². The van der Waals surface area contributed by atoms with Gasteiger partial charge in [0.15, 0.2) is 11.5 Å². The van der Waals surface area contributed by atoms with Gasteiger partial charge in [-0.3, -0.25) is 0 Å². The average Bonchev–Trinajstić information content (AvgIpc) is 2.09. The lowest BCUT2D eigenvalue weighted by Gasteiger charge is -2.04. The van der Waals surface area contributed by atoms with Gasteiger partial charge in [-0.1, -0.05) is 6.07 Å². The quantitative estimate of drug-likeness (QED) is 0.547. The molecule has 0 fully saturated rings. The molecule has 0 atom stereocenters. The van der Waals surface area contributed by atoms with E-state index in [0.717, 1.165) is 0 Å². The molecule has 0 unspecified atom stereocenters. The maximum absolute atomic E-state index is 9.78. The van der Waals surface area contributed by atoms with Gasteiger partial charge in [-0.15, -0.1) is 0 Å². The van der Waals surface area contributed by atoms with E-state index in [-0.39, 0.29) is 12.4 Å². The van der Waals surface area contributed by atoms with Crippen LogP contribution in [0.25, 0.3) is 0 Å². The van der Waals surface area contributed by atoms with Crippen molar-refractivity contribution >= 4 is 0 Å². The van der Waals surface area contributed by atoms with Crippen molar-refractivity contribution in [2.45, 2.75) is 6.61 Å². The van der Waals surface area contributed by atoms with Crippen LogP contribution >= 0.6 is 0 Å². The molecule has 65 valence electrons. The second-order valence-corrected chi connectivity index (χ2v) is 2.27. The van der Waals surface area contributed by atoms with E-state index in [2.05, 4.69) is 4.89 Å². The first-order valence-corrected chi connectivity index (χ1v) is 3.38. The van der Waals surface area contributed by atoms with Crippen molar-refractivity contribution in [3.63, 3.8) is 0 Å². The van der Waals surface area contributed by atoms with Crippen LogP contribution < -0.4 is 4.74 Å². The van der Waals surface area contributed by atoms with Crippen LogP contribution in [0.4, 0.5) is 0 Å². The Kier molecular flexibility index (Phi) is 2.90. The predicted octanol–water partition coefficient (Wildman–Crippen LogP) is 1.26. The van der Waals surface area contributed by atoms with Gasteiger partial charge in [0.2, 0.25) is 0 Å². The lowest BCUT2D eigenvalue weighted by atomic mass is 10.2. The van der Waals surface area contributed by atoms with E-state index in [1.54, 1.807) is 12.1 Å². The third kappa shape index (κ3) is 1.87. The molecule has 0 aromatic heterocycles. The SMILES string of the molecule is COc1cc(CO[O])ccc1O. The van der Waals surface area contributed by atoms with Gasteiger partial charge in [0.05, 0.1) is 7.11 Å². The van der Waals surface area contributed by atoms with Gasteiger partial charge < -0.3 is 9.84 Å². The smallest absolute Gasteiger partial charge is 0.160 e. The Hall–Kier alpha value is -1.26. The summed E-state index contributed by atoms with van der Waals surface area (Å²) in [5, 5.41) is 18.9. The molecule has 1 aromatic carbocycles. The number of hydrogen-bond donors (Lipinski definition) is 1. The Morgan fingerprint density at radius 1 is 1.50 bits per heavy atom. The van der Waals surface area contributed by atoms with Crippen molar-refractivity contribution in [2.24, 2.45) is 0 Å². The van der Waals surface area contributed by atoms with E-state index < -0.39 is 0 Å². The summed E-state index contributed by atoms with van der Waals surface area (Å²) in [6, 6.07) is 4.59. The Labute approximate surface area is 69.9 Å². The predicted molar refractivity (Wildman–Crippen MR) is 40.1 cm³/mol. The van der Waals surface area contributed by atoms with E-state index >= 15 is 0 Å². The molecule has 4 nitrogen and oxygen atoms in total. The van der Waals surface area contributed by atoms with Gasteiger partial charge >= 0.3 is 0 Å². The Morgan fingerprint density at radius 2 is 2.25 bits per heavy atom. The van der Waals surface area contributed by atoms with Gasteiger partial charge in [0.25, 0.3) is 0 Å². The zero-order valence-electron chi connectivity index (χ0n) is 6.61. The van der Waals surface area contributed by atoms with Crippen LogP contribution in [0.5, 0.6) is 11.5 Å². The van der Waals surface area contributed by atoms with Gasteiger partial charge in [-0.05, 0) is 23.0 Å². The molecule has 0 aliphatic heterocycles. The summed E-state index contributed by atoms with van der Waals surface area (Å²) in [5.41, 5.74) is 0.666. The number of methoxy groups -OCH3 is 1. The second kappa shape index (κ2) is 3.94. The number of benzene rings is 1. The summed E-state index contributed by atoms with van der Waals surface area (Å²) in [6.45, 7) is -0.0311. The highest BCUT2D eigenvalue weighted by Crippen LogP contribution is 2.26. The molecule has 0 spiro atoms. The second-order valence-electron chi connectivity index (χ2n) is 2.27. The summed E-state index contributed by atoms with van der Waals surface area (Å²) in [7, 11) is 1.44. The monoisotopic (exact) mass is 169 g/mol. The molecule has 1 N–H and O–H groups in total. The zero-order chi connectivity index (χ0) is 8.97. The molecular weight excluding hydrogens is 160 g/mol. The van der Waals surface area contributed by atoms with E-state index in [4.69, 9.17) is 9.84 Å². The summed E-state index contributed by atoms with van der Waals surface area (Å²) in [4.78, 5) is 3.68. The van der Waals surface area contributed by atoms with E-state index in [0.29, 0.717) is 11.3 Å². The fraction of sp³-hybridized carbons (Fsp3) is 0.250. The molecule has 0 aliphatic rings. The molecule has 4 heteroatoms. The van der Waals surface area contributed by atoms with Crippen LogP contribution in [-0.2, 0) is 16.8 Å². The van der Waals surface area contributed by atoms with Crippen molar-refractivity contribution in [3.8, 4) is 11.5 Å². The summed E-state index contributed by atoms with van der Waals surface area (Å²) in [6.07, 6.45) is 0. The Bertz CT molecular complexity index is 259. The summed E-state index contributed by atoms with van der Waals surface area (Å²) >= 11 is 0. The van der Waals surface area contributed by atoms with Crippen LogP contribution in [0.3, 0.4) is 0 Å². The van der Waals surface area contributed by atoms with Crippen molar-refractivity contribution in [1.82, 2.24) is 0 Å². The minimum atomic E-state index is -0.0311. The fourth-order valence-corrected chi connectivity index (χ4v) is 0.880. The molecule has 0 aliphatic carbocycles. The first kappa shape index (κ1) is 8.83. The van der Waals surface area contributed by atoms with E-state index in [1.165, 1.54) is 13.2 Å². The lowest BCUT2D eigenvalue weighted by molar-refractivity contribution is -0.313. The van der Waals surface area contributed by atoms with Crippen molar-refractivity contribution in [2.75, 3.05) is 7.11 Å². The van der Waals surface area contributed by atoms with Crippen LogP contribution in [0.15, 0.2) is 18.2 Å². The van der Waals surface area contributed by atoms with Crippen LogP contribution in [0, 0.1) is 0 Å².